The second-order valence-electron chi connectivity index (χ2n) is 7.07. The zero-order valence-electron chi connectivity index (χ0n) is 13.3. The van der Waals surface area contributed by atoms with E-state index in [1.54, 1.807) is 23.1 Å². The number of hydrogen-bond acceptors (Lipinski definition) is 4. The van der Waals surface area contributed by atoms with Crippen LogP contribution in [0.15, 0.2) is 36.7 Å². The second kappa shape index (κ2) is 5.26. The number of allylic oxidation sites excluding steroid dienone is 2. The Labute approximate surface area is 140 Å². The van der Waals surface area contributed by atoms with Crippen molar-refractivity contribution >= 4 is 11.7 Å². The number of anilines is 1. The monoisotopic (exact) mass is 321 g/mol. The summed E-state index contributed by atoms with van der Waals surface area (Å²) in [7, 11) is 0. The van der Waals surface area contributed by atoms with Gasteiger partial charge in [0, 0.05) is 30.3 Å². The maximum atomic E-state index is 12.8. The number of carbonyl (C=O) groups is 1. The lowest BCUT2D eigenvalue weighted by Crippen LogP contribution is -2.27. The molecule has 2 aromatic rings. The van der Waals surface area contributed by atoms with Crippen molar-refractivity contribution in [1.82, 2.24) is 19.7 Å². The van der Waals surface area contributed by atoms with Crippen LogP contribution < -0.4 is 5.32 Å². The first-order valence-electron chi connectivity index (χ1n) is 8.64. The van der Waals surface area contributed by atoms with Gasteiger partial charge in [-0.25, -0.2) is 9.97 Å². The zero-order chi connectivity index (χ0) is 16.1. The molecule has 3 aliphatic rings. The maximum absolute atomic E-state index is 12.8. The van der Waals surface area contributed by atoms with Crippen LogP contribution in [0.25, 0.3) is 5.95 Å². The minimum Gasteiger partial charge on any atom is -0.310 e. The van der Waals surface area contributed by atoms with Crippen LogP contribution in [0, 0.1) is 17.8 Å². The Kier molecular flexibility index (Phi) is 3.04. The molecule has 6 nitrogen and oxygen atoms in total. The van der Waals surface area contributed by atoms with Crippen molar-refractivity contribution in [3.8, 4) is 5.95 Å². The molecule has 0 saturated heterocycles. The van der Waals surface area contributed by atoms with Crippen LogP contribution in [0.5, 0.6) is 0 Å². The van der Waals surface area contributed by atoms with Gasteiger partial charge in [0.2, 0.25) is 5.91 Å². The van der Waals surface area contributed by atoms with E-state index in [4.69, 9.17) is 0 Å². The van der Waals surface area contributed by atoms with E-state index in [-0.39, 0.29) is 11.8 Å². The largest absolute Gasteiger partial charge is 0.310 e. The maximum Gasteiger partial charge on any atom is 0.252 e. The Morgan fingerprint density at radius 2 is 2.00 bits per heavy atom. The Bertz CT molecular complexity index is 808. The van der Waals surface area contributed by atoms with Gasteiger partial charge in [-0.3, -0.25) is 4.79 Å². The van der Waals surface area contributed by atoms with E-state index in [9.17, 15) is 4.79 Å². The number of nitrogens with one attached hydrogen (secondary N) is 1. The van der Waals surface area contributed by atoms with Crippen molar-refractivity contribution in [2.24, 2.45) is 17.8 Å². The van der Waals surface area contributed by atoms with Gasteiger partial charge in [-0.15, -0.1) is 0 Å². The molecule has 0 aromatic carbocycles. The summed E-state index contributed by atoms with van der Waals surface area (Å²) in [6.45, 7) is 0. The molecule has 24 heavy (non-hydrogen) atoms. The quantitative estimate of drug-likeness (QED) is 0.879. The molecule has 6 heteroatoms. The molecule has 2 aromatic heterocycles. The van der Waals surface area contributed by atoms with Crippen LogP contribution in [-0.4, -0.2) is 25.7 Å². The average Bonchev–Trinajstić information content (AvgIpc) is 3.05. The molecule has 0 radical (unpaired) electrons. The highest BCUT2D eigenvalue weighted by atomic mass is 16.2. The smallest absolute Gasteiger partial charge is 0.252 e. The van der Waals surface area contributed by atoms with E-state index in [0.29, 0.717) is 29.5 Å². The van der Waals surface area contributed by atoms with Gasteiger partial charge in [0.1, 0.15) is 5.82 Å². The van der Waals surface area contributed by atoms with Gasteiger partial charge in [-0.05, 0) is 43.6 Å². The van der Waals surface area contributed by atoms with E-state index in [0.717, 1.165) is 31.4 Å². The summed E-state index contributed by atoms with van der Waals surface area (Å²) in [5.74, 6) is 2.82. The Morgan fingerprint density at radius 1 is 1.17 bits per heavy atom. The average molecular weight is 321 g/mol. The predicted molar refractivity (Wildman–Crippen MR) is 88.6 cm³/mol. The van der Waals surface area contributed by atoms with Gasteiger partial charge in [-0.2, -0.15) is 9.78 Å². The highest BCUT2D eigenvalue weighted by Crippen LogP contribution is 2.44. The van der Waals surface area contributed by atoms with Gasteiger partial charge in [0.15, 0.2) is 0 Å². The lowest BCUT2D eigenvalue weighted by atomic mass is 9.93. The third kappa shape index (κ3) is 2.33. The molecule has 122 valence electrons. The van der Waals surface area contributed by atoms with Crippen molar-refractivity contribution in [3.63, 3.8) is 0 Å². The molecule has 2 fully saturated rings. The zero-order valence-corrected chi connectivity index (χ0v) is 13.3. The molecule has 5 rings (SSSR count). The molecule has 3 aliphatic carbocycles. The van der Waals surface area contributed by atoms with Gasteiger partial charge in [-0.1, -0.05) is 12.2 Å². The molecule has 0 aliphatic heterocycles. The van der Waals surface area contributed by atoms with E-state index < -0.39 is 0 Å². The molecule has 2 heterocycles. The number of nitrogens with zero attached hydrogens (tertiary/aromatic N) is 4. The van der Waals surface area contributed by atoms with Crippen LogP contribution in [-0.2, 0) is 4.79 Å². The molecular weight excluding hydrogens is 302 g/mol. The summed E-state index contributed by atoms with van der Waals surface area (Å²) >= 11 is 0. The van der Waals surface area contributed by atoms with Crippen LogP contribution in [0.3, 0.4) is 0 Å². The lowest BCUT2D eigenvalue weighted by molar-refractivity contribution is -0.120. The molecule has 1 N–H and O–H groups in total. The first-order chi connectivity index (χ1) is 11.8. The van der Waals surface area contributed by atoms with Crippen molar-refractivity contribution < 1.29 is 4.79 Å². The Morgan fingerprint density at radius 3 is 2.67 bits per heavy atom. The summed E-state index contributed by atoms with van der Waals surface area (Å²) in [4.78, 5) is 21.3. The van der Waals surface area contributed by atoms with Crippen molar-refractivity contribution in [3.05, 3.63) is 42.4 Å². The second-order valence-corrected chi connectivity index (χ2v) is 7.07. The first kappa shape index (κ1) is 13.9. The van der Waals surface area contributed by atoms with Crippen molar-refractivity contribution in [2.45, 2.75) is 31.6 Å². The highest BCUT2D eigenvalue weighted by Gasteiger charge is 2.40. The summed E-state index contributed by atoms with van der Waals surface area (Å²) in [5.41, 5.74) is 1.02. The minimum absolute atomic E-state index is 0.0735. The molecule has 3 atom stereocenters. The number of hydrogen-bond donors (Lipinski definition) is 1. The highest BCUT2D eigenvalue weighted by molar-refractivity contribution is 5.92. The van der Waals surface area contributed by atoms with Gasteiger partial charge in [0.25, 0.3) is 5.95 Å². The van der Waals surface area contributed by atoms with Crippen molar-refractivity contribution in [2.75, 3.05) is 5.32 Å². The third-order valence-corrected chi connectivity index (χ3v) is 5.33. The predicted octanol–water partition coefficient (Wildman–Crippen LogP) is 2.69. The fourth-order valence-corrected chi connectivity index (χ4v) is 3.92. The summed E-state index contributed by atoms with van der Waals surface area (Å²) in [6, 6.07) is 3.75. The topological polar surface area (TPSA) is 72.7 Å². The standard InChI is InChI=1S/C18H19N5O/c24-17(14-9-11-2-3-13(14)8-11)21-16-10-15(12-4-5-12)22-23(16)18-19-6-1-7-20-18/h1-3,6-7,10-14H,4-5,8-9H2,(H,21,24)/t11-,13-,14+/m1/s1. The number of carbonyl (C=O) groups excluding carboxylic acids is 1. The first-order valence-corrected chi connectivity index (χ1v) is 8.64. The van der Waals surface area contributed by atoms with E-state index in [1.165, 1.54) is 0 Å². The summed E-state index contributed by atoms with van der Waals surface area (Å²) < 4.78 is 1.66. The molecule has 2 bridgehead atoms. The number of aromatic nitrogens is 4. The van der Waals surface area contributed by atoms with Crippen molar-refractivity contribution in [1.29, 1.82) is 0 Å². The van der Waals surface area contributed by atoms with Crippen LogP contribution >= 0.6 is 0 Å². The molecule has 0 unspecified atom stereocenters. The third-order valence-electron chi connectivity index (χ3n) is 5.33. The fraction of sp³-hybridized carbons (Fsp3) is 0.444. The van der Waals surface area contributed by atoms with Crippen LogP contribution in [0.2, 0.25) is 0 Å². The fourth-order valence-electron chi connectivity index (χ4n) is 3.92. The van der Waals surface area contributed by atoms with E-state index in [1.807, 2.05) is 6.07 Å². The Balaban J connectivity index is 1.44. The van der Waals surface area contributed by atoms with E-state index in [2.05, 4.69) is 32.5 Å². The summed E-state index contributed by atoms with van der Waals surface area (Å²) in [5, 5.41) is 7.72. The molecule has 2 saturated carbocycles. The minimum atomic E-state index is 0.0735. The van der Waals surface area contributed by atoms with E-state index >= 15 is 0 Å². The molecule has 1 amide bonds. The number of rotatable bonds is 4. The lowest BCUT2D eigenvalue weighted by Gasteiger charge is -2.17. The molecule has 0 spiro atoms. The Hall–Kier alpha value is -2.50. The number of amides is 1. The van der Waals surface area contributed by atoms with Gasteiger partial charge < -0.3 is 5.32 Å². The summed E-state index contributed by atoms with van der Waals surface area (Å²) in [6.07, 6.45) is 12.2. The normalized spacial score (nSPS) is 27.6. The van der Waals surface area contributed by atoms with Crippen LogP contribution in [0.4, 0.5) is 5.82 Å². The van der Waals surface area contributed by atoms with Gasteiger partial charge >= 0.3 is 0 Å². The van der Waals surface area contributed by atoms with Crippen LogP contribution in [0.1, 0.15) is 37.3 Å². The molecular formula is C18H19N5O. The SMILES string of the molecule is O=C(Nc1cc(C2CC2)nn1-c1ncccn1)[C@H]1C[C@@H]2C=C[C@@H]1C2. The number of fused-ring (bicyclic) bond motifs is 2. The van der Waals surface area contributed by atoms with Gasteiger partial charge in [0.05, 0.1) is 5.69 Å².